The van der Waals surface area contributed by atoms with Gasteiger partial charge in [0.1, 0.15) is 0 Å². The summed E-state index contributed by atoms with van der Waals surface area (Å²) in [5.74, 6) is -0.0288. The first kappa shape index (κ1) is 10.8. The van der Waals surface area contributed by atoms with E-state index in [9.17, 15) is 0 Å². The van der Waals surface area contributed by atoms with Gasteiger partial charge in [0.05, 0.1) is 12.0 Å². The van der Waals surface area contributed by atoms with Crippen LogP contribution in [-0.4, -0.2) is 9.97 Å². The third-order valence-corrected chi connectivity index (χ3v) is 3.39. The van der Waals surface area contributed by atoms with Crippen LogP contribution in [0, 0.1) is 11.3 Å². The van der Waals surface area contributed by atoms with E-state index in [0.29, 0.717) is 0 Å². The van der Waals surface area contributed by atoms with Crippen molar-refractivity contribution in [1.82, 2.24) is 9.97 Å². The number of H-pyrrole nitrogens is 1. The SMILES string of the molecule is CCC(C#N)c1ccc2c(c1)[nH]c1ccncc12. The van der Waals surface area contributed by atoms with Crippen LogP contribution >= 0.6 is 0 Å². The molecule has 1 N–H and O–H groups in total. The number of nitriles is 1. The highest BCUT2D eigenvalue weighted by Gasteiger charge is 2.10. The fourth-order valence-corrected chi connectivity index (χ4v) is 2.38. The molecule has 1 atom stereocenters. The minimum atomic E-state index is -0.0288. The molecule has 2 heterocycles. The Hall–Kier alpha value is -2.34. The number of fused-ring (bicyclic) bond motifs is 3. The first-order chi connectivity index (χ1) is 8.83. The van der Waals surface area contributed by atoms with E-state index in [-0.39, 0.29) is 5.92 Å². The highest BCUT2D eigenvalue weighted by molar-refractivity contribution is 6.06. The fourth-order valence-electron chi connectivity index (χ4n) is 2.38. The zero-order valence-electron chi connectivity index (χ0n) is 10.1. The maximum absolute atomic E-state index is 9.12. The van der Waals surface area contributed by atoms with E-state index in [1.165, 1.54) is 0 Å². The molecule has 0 aliphatic rings. The molecule has 3 rings (SSSR count). The number of aromatic nitrogens is 2. The minimum Gasteiger partial charge on any atom is -0.354 e. The number of hydrogen-bond donors (Lipinski definition) is 1. The topological polar surface area (TPSA) is 52.5 Å². The molecular weight excluding hydrogens is 222 g/mol. The molecule has 1 unspecified atom stereocenters. The summed E-state index contributed by atoms with van der Waals surface area (Å²) in [4.78, 5) is 7.52. The summed E-state index contributed by atoms with van der Waals surface area (Å²) in [6, 6.07) is 10.5. The highest BCUT2D eigenvalue weighted by atomic mass is 14.7. The third kappa shape index (κ3) is 1.54. The number of benzene rings is 1. The molecule has 88 valence electrons. The van der Waals surface area contributed by atoms with Gasteiger partial charge in [-0.25, -0.2) is 0 Å². The molecule has 3 nitrogen and oxygen atoms in total. The van der Waals surface area contributed by atoms with Crippen LogP contribution in [0.25, 0.3) is 21.8 Å². The van der Waals surface area contributed by atoms with Crippen molar-refractivity contribution < 1.29 is 0 Å². The van der Waals surface area contributed by atoms with Crippen molar-refractivity contribution in [2.45, 2.75) is 19.3 Å². The summed E-state index contributed by atoms with van der Waals surface area (Å²) < 4.78 is 0. The lowest BCUT2D eigenvalue weighted by Gasteiger charge is -2.05. The first-order valence-corrected chi connectivity index (χ1v) is 6.08. The Kier molecular flexibility index (Phi) is 2.49. The molecule has 18 heavy (non-hydrogen) atoms. The van der Waals surface area contributed by atoms with Crippen LogP contribution in [-0.2, 0) is 0 Å². The number of nitrogens with zero attached hydrogens (tertiary/aromatic N) is 2. The summed E-state index contributed by atoms with van der Waals surface area (Å²) in [5.41, 5.74) is 3.23. The molecular formula is C15H13N3. The van der Waals surface area contributed by atoms with Crippen LogP contribution in [0.4, 0.5) is 0 Å². The molecule has 0 saturated carbocycles. The van der Waals surface area contributed by atoms with E-state index >= 15 is 0 Å². The Labute approximate surface area is 105 Å². The fraction of sp³-hybridized carbons (Fsp3) is 0.200. The van der Waals surface area contributed by atoms with Gasteiger partial charge in [-0.3, -0.25) is 4.98 Å². The standard InChI is InChI=1S/C15H13N3/c1-2-10(8-16)11-3-4-12-13-9-17-6-5-14(13)18-15(12)7-11/h3-7,9-10,18H,2H2,1H3. The Morgan fingerprint density at radius 2 is 2.17 bits per heavy atom. The van der Waals surface area contributed by atoms with Crippen molar-refractivity contribution in [2.24, 2.45) is 0 Å². The van der Waals surface area contributed by atoms with E-state index in [1.807, 2.05) is 25.3 Å². The van der Waals surface area contributed by atoms with Gasteiger partial charge in [-0.05, 0) is 24.1 Å². The average molecular weight is 235 g/mol. The van der Waals surface area contributed by atoms with Gasteiger partial charge in [-0.2, -0.15) is 5.26 Å². The van der Waals surface area contributed by atoms with Gasteiger partial charge in [-0.1, -0.05) is 19.1 Å². The average Bonchev–Trinajstić information content (AvgIpc) is 2.78. The van der Waals surface area contributed by atoms with E-state index in [1.54, 1.807) is 6.20 Å². The largest absolute Gasteiger partial charge is 0.354 e. The van der Waals surface area contributed by atoms with E-state index in [2.05, 4.69) is 28.2 Å². The molecule has 3 heteroatoms. The van der Waals surface area contributed by atoms with Crippen molar-refractivity contribution in [2.75, 3.05) is 0 Å². The summed E-state index contributed by atoms with van der Waals surface area (Å²) in [7, 11) is 0. The Bertz CT molecular complexity index is 749. The monoisotopic (exact) mass is 235 g/mol. The van der Waals surface area contributed by atoms with Crippen molar-refractivity contribution in [1.29, 1.82) is 5.26 Å². The molecule has 0 amide bonds. The summed E-state index contributed by atoms with van der Waals surface area (Å²) in [6.45, 7) is 2.03. The van der Waals surface area contributed by atoms with Crippen molar-refractivity contribution in [3.8, 4) is 6.07 Å². The highest BCUT2D eigenvalue weighted by Crippen LogP contribution is 2.28. The minimum absolute atomic E-state index is 0.0288. The van der Waals surface area contributed by atoms with Crippen molar-refractivity contribution in [3.63, 3.8) is 0 Å². The maximum atomic E-state index is 9.12. The molecule has 0 aliphatic heterocycles. The quantitative estimate of drug-likeness (QED) is 0.735. The molecule has 0 radical (unpaired) electrons. The zero-order valence-corrected chi connectivity index (χ0v) is 10.1. The predicted molar refractivity (Wildman–Crippen MR) is 72.2 cm³/mol. The Morgan fingerprint density at radius 1 is 1.28 bits per heavy atom. The number of nitrogens with one attached hydrogen (secondary N) is 1. The van der Waals surface area contributed by atoms with Crippen LogP contribution in [0.5, 0.6) is 0 Å². The van der Waals surface area contributed by atoms with Crippen LogP contribution in [0.15, 0.2) is 36.7 Å². The second-order valence-electron chi connectivity index (χ2n) is 4.44. The van der Waals surface area contributed by atoms with Gasteiger partial charge in [-0.15, -0.1) is 0 Å². The van der Waals surface area contributed by atoms with Gasteiger partial charge in [0.25, 0.3) is 0 Å². The molecule has 3 aromatic rings. The third-order valence-electron chi connectivity index (χ3n) is 3.39. The Morgan fingerprint density at radius 3 is 2.94 bits per heavy atom. The van der Waals surface area contributed by atoms with Gasteiger partial charge < -0.3 is 4.98 Å². The van der Waals surface area contributed by atoms with Crippen molar-refractivity contribution in [3.05, 3.63) is 42.2 Å². The van der Waals surface area contributed by atoms with Gasteiger partial charge in [0.15, 0.2) is 0 Å². The molecule has 1 aromatic carbocycles. The van der Waals surface area contributed by atoms with E-state index < -0.39 is 0 Å². The summed E-state index contributed by atoms with van der Waals surface area (Å²) in [6.07, 6.45) is 4.49. The normalized spacial score (nSPS) is 12.7. The van der Waals surface area contributed by atoms with Gasteiger partial charge in [0, 0.05) is 34.2 Å². The number of hydrogen-bond acceptors (Lipinski definition) is 2. The summed E-state index contributed by atoms with van der Waals surface area (Å²) >= 11 is 0. The predicted octanol–water partition coefficient (Wildman–Crippen LogP) is 3.73. The first-order valence-electron chi connectivity index (χ1n) is 6.08. The van der Waals surface area contributed by atoms with Crippen LogP contribution < -0.4 is 0 Å². The lowest BCUT2D eigenvalue weighted by Crippen LogP contribution is -1.92. The smallest absolute Gasteiger partial charge is 0.0710 e. The molecule has 2 aromatic heterocycles. The Balaban J connectivity index is 2.24. The van der Waals surface area contributed by atoms with Crippen molar-refractivity contribution >= 4 is 21.8 Å². The second kappa shape index (κ2) is 4.15. The molecule has 0 fully saturated rings. The molecule has 0 aliphatic carbocycles. The van der Waals surface area contributed by atoms with E-state index in [0.717, 1.165) is 33.8 Å². The van der Waals surface area contributed by atoms with E-state index in [4.69, 9.17) is 5.26 Å². The van der Waals surface area contributed by atoms with Gasteiger partial charge in [0.2, 0.25) is 0 Å². The van der Waals surface area contributed by atoms with Crippen LogP contribution in [0.1, 0.15) is 24.8 Å². The molecule has 0 saturated heterocycles. The zero-order chi connectivity index (χ0) is 12.5. The number of pyridine rings is 1. The number of rotatable bonds is 2. The lowest BCUT2D eigenvalue weighted by molar-refractivity contribution is 0.819. The second-order valence-corrected chi connectivity index (χ2v) is 4.44. The van der Waals surface area contributed by atoms with Crippen LogP contribution in [0.3, 0.4) is 0 Å². The summed E-state index contributed by atoms with van der Waals surface area (Å²) in [5, 5.41) is 11.4. The van der Waals surface area contributed by atoms with Gasteiger partial charge >= 0.3 is 0 Å². The molecule has 0 spiro atoms. The molecule has 0 bridgehead atoms. The number of aromatic amines is 1. The lowest BCUT2D eigenvalue weighted by atomic mass is 9.97. The van der Waals surface area contributed by atoms with Crippen LogP contribution in [0.2, 0.25) is 0 Å². The maximum Gasteiger partial charge on any atom is 0.0710 e.